The Labute approximate surface area is 158 Å². The molecule has 0 aliphatic carbocycles. The Hall–Kier alpha value is -1.82. The summed E-state index contributed by atoms with van der Waals surface area (Å²) < 4.78 is 6.31. The zero-order valence-corrected chi connectivity index (χ0v) is 15.5. The molecule has 0 radical (unpaired) electrons. The molecule has 124 valence electrons. The van der Waals surface area contributed by atoms with E-state index < -0.39 is 5.91 Å². The number of hydrogen-bond donors (Lipinski definition) is 1. The molecule has 1 N–H and O–H groups in total. The Morgan fingerprint density at radius 2 is 1.96 bits per heavy atom. The molecule has 2 aromatic carbocycles. The van der Waals surface area contributed by atoms with Gasteiger partial charge in [0, 0.05) is 15.7 Å². The second-order valence-corrected chi connectivity index (χ2v) is 6.35. The van der Waals surface area contributed by atoms with Crippen LogP contribution in [0.4, 0.5) is 0 Å². The molecule has 0 atom stereocenters. The fraction of sp³-hybridized carbons (Fsp3) is 0.0588. The van der Waals surface area contributed by atoms with Crippen LogP contribution in [0.15, 0.2) is 58.1 Å². The Bertz CT molecular complexity index is 762. The zero-order chi connectivity index (χ0) is 17.4. The number of amides is 1. The lowest BCUT2D eigenvalue weighted by atomic mass is 10.2. The minimum absolute atomic E-state index is 0.199. The van der Waals surface area contributed by atoms with Gasteiger partial charge in [-0.25, -0.2) is 5.43 Å². The molecule has 2 aromatic rings. The van der Waals surface area contributed by atoms with E-state index >= 15 is 0 Å². The maximum Gasteiger partial charge on any atom is 0.277 e. The topological polar surface area (TPSA) is 50.7 Å². The molecule has 0 saturated heterocycles. The van der Waals surface area contributed by atoms with Gasteiger partial charge < -0.3 is 4.74 Å². The molecule has 0 unspecified atom stereocenters. The molecule has 0 aliphatic heterocycles. The maximum atomic E-state index is 11.6. The van der Waals surface area contributed by atoms with Gasteiger partial charge in [-0.3, -0.25) is 4.79 Å². The summed E-state index contributed by atoms with van der Waals surface area (Å²) in [7, 11) is 0. The number of benzene rings is 2. The first kappa shape index (κ1) is 18.5. The van der Waals surface area contributed by atoms with Crippen LogP contribution in [-0.4, -0.2) is 18.7 Å². The number of carbonyl (C=O) groups excluding carboxylic acids is 1. The molecule has 24 heavy (non-hydrogen) atoms. The summed E-state index contributed by atoms with van der Waals surface area (Å²) in [6.07, 6.45) is 5.07. The molecular formula is C17H13BrCl2N2O2. The maximum absolute atomic E-state index is 11.6. The molecule has 2 rings (SSSR count). The number of hydrogen-bond acceptors (Lipinski definition) is 3. The van der Waals surface area contributed by atoms with E-state index in [-0.39, 0.29) is 6.61 Å². The summed E-state index contributed by atoms with van der Waals surface area (Å²) >= 11 is 15.1. The second-order valence-electron chi connectivity index (χ2n) is 4.59. The van der Waals surface area contributed by atoms with Crippen LogP contribution in [0.3, 0.4) is 0 Å². The van der Waals surface area contributed by atoms with Gasteiger partial charge in [-0.05, 0) is 42.0 Å². The van der Waals surface area contributed by atoms with Crippen molar-refractivity contribution in [2.24, 2.45) is 5.10 Å². The quantitative estimate of drug-likeness (QED) is 0.523. The van der Waals surface area contributed by atoms with Crippen molar-refractivity contribution < 1.29 is 9.53 Å². The molecule has 0 aromatic heterocycles. The molecule has 0 heterocycles. The van der Waals surface area contributed by atoms with Crippen LogP contribution < -0.4 is 10.2 Å². The Balaban J connectivity index is 1.75. The first-order valence-electron chi connectivity index (χ1n) is 6.86. The minimum atomic E-state index is -0.394. The number of rotatable bonds is 6. The molecule has 0 spiro atoms. The van der Waals surface area contributed by atoms with Crippen LogP contribution >= 0.6 is 39.1 Å². The highest BCUT2D eigenvalue weighted by atomic mass is 79.9. The Morgan fingerprint density at radius 1 is 1.21 bits per heavy atom. The summed E-state index contributed by atoms with van der Waals surface area (Å²) in [6, 6.07) is 12.6. The van der Waals surface area contributed by atoms with Gasteiger partial charge in [0.05, 0.1) is 5.02 Å². The third-order valence-electron chi connectivity index (χ3n) is 2.76. The van der Waals surface area contributed by atoms with Crippen LogP contribution in [0.1, 0.15) is 5.56 Å². The second kappa shape index (κ2) is 9.47. The fourth-order valence-electron chi connectivity index (χ4n) is 1.65. The Morgan fingerprint density at radius 3 is 2.67 bits per heavy atom. The Kier molecular flexibility index (Phi) is 7.31. The van der Waals surface area contributed by atoms with Gasteiger partial charge in [0.25, 0.3) is 5.91 Å². The predicted molar refractivity (Wildman–Crippen MR) is 102 cm³/mol. The van der Waals surface area contributed by atoms with Crippen LogP contribution in [-0.2, 0) is 4.79 Å². The number of nitrogens with one attached hydrogen (secondary N) is 1. The highest BCUT2D eigenvalue weighted by Crippen LogP contribution is 2.27. The van der Waals surface area contributed by atoms with Gasteiger partial charge in [-0.1, -0.05) is 57.3 Å². The van der Waals surface area contributed by atoms with Crippen molar-refractivity contribution in [3.63, 3.8) is 0 Å². The van der Waals surface area contributed by atoms with Crippen LogP contribution in [0.25, 0.3) is 6.08 Å². The summed E-state index contributed by atoms with van der Waals surface area (Å²) in [5, 5.41) is 4.64. The molecule has 0 fully saturated rings. The van der Waals surface area contributed by atoms with E-state index in [4.69, 9.17) is 27.9 Å². The minimum Gasteiger partial charge on any atom is -0.482 e. The van der Waals surface area contributed by atoms with Crippen molar-refractivity contribution in [1.29, 1.82) is 0 Å². The summed E-state index contributed by atoms with van der Waals surface area (Å²) in [5.41, 5.74) is 3.38. The standard InChI is InChI=1S/C17H13BrCl2N2O2/c18-13-5-3-12(4-6-13)2-1-9-21-22-17(23)11-24-16-8-7-14(19)10-15(16)20/h1-10H,11H2,(H,22,23). The largest absolute Gasteiger partial charge is 0.482 e. The van der Waals surface area contributed by atoms with Crippen LogP contribution in [0, 0.1) is 0 Å². The first-order valence-corrected chi connectivity index (χ1v) is 8.41. The van der Waals surface area contributed by atoms with Gasteiger partial charge in [0.1, 0.15) is 5.75 Å². The molecular weight excluding hydrogens is 415 g/mol. The van der Waals surface area contributed by atoms with Crippen molar-refractivity contribution >= 4 is 57.3 Å². The van der Waals surface area contributed by atoms with Crippen molar-refractivity contribution in [1.82, 2.24) is 5.43 Å². The lowest BCUT2D eigenvalue weighted by Gasteiger charge is -2.06. The SMILES string of the molecule is O=C(COc1ccc(Cl)cc1Cl)NN=CC=Cc1ccc(Br)cc1. The monoisotopic (exact) mass is 426 g/mol. The van der Waals surface area contributed by atoms with E-state index in [9.17, 15) is 4.79 Å². The van der Waals surface area contributed by atoms with Crippen molar-refractivity contribution in [2.45, 2.75) is 0 Å². The third kappa shape index (κ3) is 6.35. The number of nitrogens with zero attached hydrogens (tertiary/aromatic N) is 1. The smallest absolute Gasteiger partial charge is 0.277 e. The number of allylic oxidation sites excluding steroid dienone is 1. The van der Waals surface area contributed by atoms with E-state index in [1.54, 1.807) is 24.3 Å². The first-order chi connectivity index (χ1) is 11.5. The lowest BCUT2D eigenvalue weighted by molar-refractivity contribution is -0.123. The summed E-state index contributed by atoms with van der Waals surface area (Å²) in [5.74, 6) is -0.00959. The predicted octanol–water partition coefficient (Wildman–Crippen LogP) is 4.95. The van der Waals surface area contributed by atoms with Gasteiger partial charge in [0.15, 0.2) is 6.61 Å². The van der Waals surface area contributed by atoms with E-state index in [2.05, 4.69) is 26.5 Å². The highest BCUT2D eigenvalue weighted by Gasteiger charge is 2.05. The van der Waals surface area contributed by atoms with E-state index in [1.165, 1.54) is 6.21 Å². The number of carbonyl (C=O) groups is 1. The number of ether oxygens (including phenoxy) is 1. The van der Waals surface area contributed by atoms with Crippen molar-refractivity contribution in [3.8, 4) is 5.75 Å². The van der Waals surface area contributed by atoms with Gasteiger partial charge in [-0.15, -0.1) is 0 Å². The van der Waals surface area contributed by atoms with Crippen molar-refractivity contribution in [2.75, 3.05) is 6.61 Å². The van der Waals surface area contributed by atoms with Gasteiger partial charge >= 0.3 is 0 Å². The van der Waals surface area contributed by atoms with Crippen molar-refractivity contribution in [3.05, 3.63) is 68.6 Å². The zero-order valence-electron chi connectivity index (χ0n) is 12.4. The average molecular weight is 428 g/mol. The highest BCUT2D eigenvalue weighted by molar-refractivity contribution is 9.10. The van der Waals surface area contributed by atoms with Crippen LogP contribution in [0.5, 0.6) is 5.75 Å². The molecule has 1 amide bonds. The van der Waals surface area contributed by atoms with Crippen LogP contribution in [0.2, 0.25) is 10.0 Å². The lowest BCUT2D eigenvalue weighted by Crippen LogP contribution is -2.24. The summed E-state index contributed by atoms with van der Waals surface area (Å²) in [4.78, 5) is 11.6. The molecule has 0 aliphatic rings. The third-order valence-corrected chi connectivity index (χ3v) is 3.82. The number of halogens is 3. The van der Waals surface area contributed by atoms with Gasteiger partial charge in [-0.2, -0.15) is 5.10 Å². The van der Waals surface area contributed by atoms with E-state index in [0.29, 0.717) is 15.8 Å². The van der Waals surface area contributed by atoms with Gasteiger partial charge in [0.2, 0.25) is 0 Å². The fourth-order valence-corrected chi connectivity index (χ4v) is 2.38. The molecule has 7 heteroatoms. The molecule has 0 saturated carbocycles. The van der Waals surface area contributed by atoms with E-state index in [0.717, 1.165) is 10.0 Å². The van der Waals surface area contributed by atoms with E-state index in [1.807, 2.05) is 30.3 Å². The number of hydrazone groups is 1. The molecule has 4 nitrogen and oxygen atoms in total. The normalized spacial score (nSPS) is 11.1. The average Bonchev–Trinajstić information content (AvgIpc) is 2.55. The molecule has 0 bridgehead atoms. The summed E-state index contributed by atoms with van der Waals surface area (Å²) in [6.45, 7) is -0.199.